The van der Waals surface area contributed by atoms with Gasteiger partial charge in [0.2, 0.25) is 0 Å². The molecule has 3 aliphatic rings. The van der Waals surface area contributed by atoms with Crippen molar-refractivity contribution in [1.82, 2.24) is 14.7 Å². The van der Waals surface area contributed by atoms with Crippen LogP contribution in [0.3, 0.4) is 0 Å². The number of rotatable bonds is 6. The Morgan fingerprint density at radius 1 is 0.821 bits per heavy atom. The molecule has 3 rings (SSSR count). The lowest BCUT2D eigenvalue weighted by Gasteiger charge is -2.49. The molecule has 0 radical (unpaired) electrons. The fourth-order valence-electron chi connectivity index (χ4n) is 5.56. The Balaban J connectivity index is 1.39. The smallest absolute Gasteiger partial charge is 0.0584 e. The third kappa shape index (κ3) is 5.71. The molecule has 2 unspecified atom stereocenters. The van der Waals surface area contributed by atoms with Crippen LogP contribution in [0.1, 0.15) is 74.1 Å². The van der Waals surface area contributed by atoms with E-state index in [4.69, 9.17) is 4.74 Å². The second kappa shape index (κ2) is 9.32. The van der Waals surface area contributed by atoms with E-state index in [9.17, 15) is 0 Å². The summed E-state index contributed by atoms with van der Waals surface area (Å²) in [7, 11) is 0. The van der Waals surface area contributed by atoms with E-state index >= 15 is 0 Å². The van der Waals surface area contributed by atoms with Crippen molar-refractivity contribution >= 4 is 0 Å². The molecule has 1 saturated carbocycles. The van der Waals surface area contributed by atoms with Crippen molar-refractivity contribution in [3.63, 3.8) is 0 Å². The average Bonchev–Trinajstić information content (AvgIpc) is 2.58. The van der Waals surface area contributed by atoms with Crippen LogP contribution in [0.25, 0.3) is 0 Å². The van der Waals surface area contributed by atoms with Gasteiger partial charge < -0.3 is 4.74 Å². The van der Waals surface area contributed by atoms with E-state index in [1.54, 1.807) is 0 Å². The van der Waals surface area contributed by atoms with Crippen molar-refractivity contribution in [2.75, 3.05) is 39.3 Å². The Labute approximate surface area is 175 Å². The number of nitrogens with zero attached hydrogens (tertiary/aromatic N) is 3. The molecule has 0 aromatic rings. The predicted molar refractivity (Wildman–Crippen MR) is 119 cm³/mol. The molecular weight excluding hydrogens is 346 g/mol. The van der Waals surface area contributed by atoms with Crippen LogP contribution in [-0.4, -0.2) is 83.8 Å². The first kappa shape index (κ1) is 22.5. The molecular formula is C24H47N3O. The predicted octanol–water partition coefficient (Wildman–Crippen LogP) is 4.10. The van der Waals surface area contributed by atoms with Crippen molar-refractivity contribution in [3.8, 4) is 0 Å². The van der Waals surface area contributed by atoms with E-state index in [2.05, 4.69) is 63.2 Å². The maximum absolute atomic E-state index is 5.95. The number of ether oxygens (including phenoxy) is 1. The summed E-state index contributed by atoms with van der Waals surface area (Å²) in [5.41, 5.74) is 0.332. The Morgan fingerprint density at radius 2 is 1.32 bits per heavy atom. The Hall–Kier alpha value is -0.160. The topological polar surface area (TPSA) is 19.0 Å². The van der Waals surface area contributed by atoms with Crippen LogP contribution in [0.5, 0.6) is 0 Å². The molecule has 0 N–H and O–H groups in total. The van der Waals surface area contributed by atoms with Gasteiger partial charge in [-0.2, -0.15) is 0 Å². The average molecular weight is 394 g/mol. The first-order valence-electron chi connectivity index (χ1n) is 12.0. The van der Waals surface area contributed by atoms with Crippen LogP contribution in [0, 0.1) is 11.8 Å². The zero-order chi connectivity index (χ0) is 20.5. The Morgan fingerprint density at radius 3 is 1.79 bits per heavy atom. The van der Waals surface area contributed by atoms with Gasteiger partial charge in [0.15, 0.2) is 0 Å². The summed E-state index contributed by atoms with van der Waals surface area (Å²) in [5.74, 6) is 1.74. The maximum atomic E-state index is 5.95. The molecule has 4 nitrogen and oxygen atoms in total. The molecule has 28 heavy (non-hydrogen) atoms. The van der Waals surface area contributed by atoms with Crippen LogP contribution >= 0.6 is 0 Å². The quantitative estimate of drug-likeness (QED) is 0.676. The van der Waals surface area contributed by atoms with Gasteiger partial charge in [-0.25, -0.2) is 0 Å². The van der Waals surface area contributed by atoms with E-state index in [1.807, 2.05) is 0 Å². The molecule has 0 amide bonds. The lowest BCUT2D eigenvalue weighted by molar-refractivity contribution is -0.0770. The Bertz CT molecular complexity index is 475. The molecule has 2 saturated heterocycles. The third-order valence-corrected chi connectivity index (χ3v) is 7.73. The monoisotopic (exact) mass is 393 g/mol. The van der Waals surface area contributed by atoms with E-state index in [0.717, 1.165) is 11.8 Å². The standard InChI is InChI=1S/C24H47N3O/c1-18(2)28-23-14-22(15-23)17-26-13-12-25(19(3)20(26)4)16-21-8-10-27(11-9-21)24(5,6)7/h18-23H,8-17H2,1-7H3. The zero-order valence-electron chi connectivity index (χ0n) is 19.8. The molecule has 1 aliphatic carbocycles. The zero-order valence-corrected chi connectivity index (χ0v) is 19.8. The SMILES string of the molecule is CC(C)OC1CC(CN2CCN(CC3CCN(C(C)(C)C)CC3)C(C)C2C)C1. The van der Waals surface area contributed by atoms with E-state index in [0.29, 0.717) is 29.8 Å². The summed E-state index contributed by atoms with van der Waals surface area (Å²) >= 11 is 0. The number of piperidine rings is 1. The molecule has 0 aromatic carbocycles. The lowest BCUT2D eigenvalue weighted by Crippen LogP contribution is -2.60. The molecule has 0 aromatic heterocycles. The van der Waals surface area contributed by atoms with Gasteiger partial charge in [0, 0.05) is 43.8 Å². The van der Waals surface area contributed by atoms with Gasteiger partial charge in [-0.15, -0.1) is 0 Å². The first-order valence-corrected chi connectivity index (χ1v) is 12.0. The number of piperazine rings is 1. The van der Waals surface area contributed by atoms with Gasteiger partial charge in [0.1, 0.15) is 0 Å². The number of hydrogen-bond donors (Lipinski definition) is 0. The second-order valence-corrected chi connectivity index (χ2v) is 11.2. The van der Waals surface area contributed by atoms with Gasteiger partial charge in [-0.1, -0.05) is 0 Å². The molecule has 2 atom stereocenters. The molecule has 0 bridgehead atoms. The van der Waals surface area contributed by atoms with Crippen LogP contribution in [0.15, 0.2) is 0 Å². The summed E-state index contributed by atoms with van der Waals surface area (Å²) in [6.07, 6.45) is 6.19. The van der Waals surface area contributed by atoms with Crippen LogP contribution in [-0.2, 0) is 4.74 Å². The van der Waals surface area contributed by atoms with Crippen molar-refractivity contribution in [3.05, 3.63) is 0 Å². The summed E-state index contributed by atoms with van der Waals surface area (Å²) in [6.45, 7) is 24.0. The lowest BCUT2D eigenvalue weighted by atomic mass is 9.81. The van der Waals surface area contributed by atoms with Crippen LogP contribution in [0.2, 0.25) is 0 Å². The molecule has 4 heteroatoms. The van der Waals surface area contributed by atoms with Crippen LogP contribution in [0.4, 0.5) is 0 Å². The summed E-state index contributed by atoms with van der Waals surface area (Å²) < 4.78 is 5.95. The maximum Gasteiger partial charge on any atom is 0.0584 e. The fraction of sp³-hybridized carbons (Fsp3) is 1.00. The second-order valence-electron chi connectivity index (χ2n) is 11.2. The number of hydrogen-bond acceptors (Lipinski definition) is 4. The highest BCUT2D eigenvalue weighted by Gasteiger charge is 2.37. The highest BCUT2D eigenvalue weighted by atomic mass is 16.5. The minimum absolute atomic E-state index is 0.332. The highest BCUT2D eigenvalue weighted by molar-refractivity contribution is 4.92. The van der Waals surface area contributed by atoms with Gasteiger partial charge >= 0.3 is 0 Å². The normalized spacial score (nSPS) is 34.7. The van der Waals surface area contributed by atoms with E-state index in [1.165, 1.54) is 65.0 Å². The van der Waals surface area contributed by atoms with E-state index in [-0.39, 0.29) is 0 Å². The number of likely N-dealkylation sites (tertiary alicyclic amines) is 1. The fourth-order valence-corrected chi connectivity index (χ4v) is 5.56. The molecule has 2 heterocycles. The summed E-state index contributed by atoms with van der Waals surface area (Å²) in [4.78, 5) is 8.23. The summed E-state index contributed by atoms with van der Waals surface area (Å²) in [5, 5.41) is 0. The molecule has 3 fully saturated rings. The van der Waals surface area contributed by atoms with Gasteiger partial charge in [0.05, 0.1) is 12.2 Å². The molecule has 0 spiro atoms. The van der Waals surface area contributed by atoms with E-state index < -0.39 is 0 Å². The van der Waals surface area contributed by atoms with Crippen molar-refractivity contribution in [2.45, 2.75) is 104 Å². The minimum Gasteiger partial charge on any atom is -0.376 e. The van der Waals surface area contributed by atoms with Crippen LogP contribution < -0.4 is 0 Å². The van der Waals surface area contributed by atoms with Gasteiger partial charge in [-0.05, 0) is 99.1 Å². The molecule has 164 valence electrons. The minimum atomic E-state index is 0.332. The molecule has 2 aliphatic heterocycles. The van der Waals surface area contributed by atoms with Crippen molar-refractivity contribution < 1.29 is 4.74 Å². The van der Waals surface area contributed by atoms with Gasteiger partial charge in [-0.3, -0.25) is 14.7 Å². The van der Waals surface area contributed by atoms with Crippen molar-refractivity contribution in [1.29, 1.82) is 0 Å². The largest absolute Gasteiger partial charge is 0.376 e. The summed E-state index contributed by atoms with van der Waals surface area (Å²) in [6, 6.07) is 1.35. The van der Waals surface area contributed by atoms with Gasteiger partial charge in [0.25, 0.3) is 0 Å². The third-order valence-electron chi connectivity index (χ3n) is 7.73. The van der Waals surface area contributed by atoms with Crippen molar-refractivity contribution in [2.24, 2.45) is 11.8 Å². The Kier molecular flexibility index (Phi) is 7.50. The highest BCUT2D eigenvalue weighted by Crippen LogP contribution is 2.33. The first-order chi connectivity index (χ1) is 13.1.